The van der Waals surface area contributed by atoms with Crippen LogP contribution in [-0.2, 0) is 38.0 Å². The van der Waals surface area contributed by atoms with Crippen LogP contribution < -0.4 is 4.74 Å². The predicted molar refractivity (Wildman–Crippen MR) is 221 cm³/mol. The minimum Gasteiger partial charge on any atom is -0.488 e. The number of hydrogen-bond acceptors (Lipinski definition) is 7. The predicted octanol–water partition coefficient (Wildman–Crippen LogP) is 11.7. The van der Waals surface area contributed by atoms with Gasteiger partial charge in [-0.3, -0.25) is 0 Å². The Kier molecular flexibility index (Phi) is 12.6. The van der Waals surface area contributed by atoms with E-state index in [2.05, 4.69) is 126 Å². The Morgan fingerprint density at radius 2 is 1.60 bits per heavy atom. The van der Waals surface area contributed by atoms with Crippen molar-refractivity contribution in [3.8, 4) is 5.75 Å². The van der Waals surface area contributed by atoms with Gasteiger partial charge in [0.15, 0.2) is 28.5 Å². The minimum absolute atomic E-state index is 0.0170. The summed E-state index contributed by atoms with van der Waals surface area (Å²) in [5.41, 5.74) is 4.36. The Bertz CT molecular complexity index is 1670. The summed E-state index contributed by atoms with van der Waals surface area (Å²) in [6, 6.07) is 12.6. The first-order valence-electron chi connectivity index (χ1n) is 20.2. The maximum Gasteiger partial charge on any atom is 0.192 e. The van der Waals surface area contributed by atoms with Gasteiger partial charge in [-0.05, 0) is 78.6 Å². The molecule has 0 saturated carbocycles. The van der Waals surface area contributed by atoms with Crippen LogP contribution in [0.15, 0.2) is 47.1 Å². The lowest BCUT2D eigenvalue weighted by Gasteiger charge is -2.46. The molecule has 1 spiro atoms. The maximum atomic E-state index is 11.8. The normalized spacial score (nSPS) is 24.7. The van der Waals surface area contributed by atoms with Gasteiger partial charge in [0.2, 0.25) is 0 Å². The molecule has 6 atom stereocenters. The fourth-order valence-electron chi connectivity index (χ4n) is 7.47. The first-order valence-corrected chi connectivity index (χ1v) is 26.0. The second kappa shape index (κ2) is 15.9. The Morgan fingerprint density at radius 3 is 2.17 bits per heavy atom. The number of ether oxygens (including phenoxy) is 3. The van der Waals surface area contributed by atoms with Gasteiger partial charge in [-0.2, -0.15) is 0 Å². The lowest BCUT2D eigenvalue weighted by molar-refractivity contribution is -0.234. The van der Waals surface area contributed by atoms with E-state index in [1.165, 1.54) is 0 Å². The van der Waals surface area contributed by atoms with E-state index in [4.69, 9.17) is 27.5 Å². The van der Waals surface area contributed by atoms with Gasteiger partial charge >= 0.3 is 0 Å². The van der Waals surface area contributed by atoms with Crippen molar-refractivity contribution in [3.05, 3.63) is 64.9 Å². The number of fused-ring (bicyclic) bond motifs is 1. The third-order valence-electron chi connectivity index (χ3n) is 12.7. The molecule has 2 fully saturated rings. The van der Waals surface area contributed by atoms with Crippen LogP contribution in [0.4, 0.5) is 0 Å². The first kappa shape index (κ1) is 42.2. The van der Waals surface area contributed by atoms with Crippen molar-refractivity contribution in [2.24, 2.45) is 5.92 Å². The summed E-state index contributed by atoms with van der Waals surface area (Å²) in [5.74, 6) is 1.26. The summed E-state index contributed by atoms with van der Waals surface area (Å²) < 4.78 is 40.5. The Hall–Kier alpha value is -1.99. The molecular weight excluding hydrogens is 697 g/mol. The summed E-state index contributed by atoms with van der Waals surface area (Å²) in [4.78, 5) is 0. The Labute approximate surface area is 322 Å². The summed E-state index contributed by atoms with van der Waals surface area (Å²) in [5, 5.41) is 12.9. The summed E-state index contributed by atoms with van der Waals surface area (Å²) >= 11 is 0. The number of rotatable bonds is 15. The zero-order valence-corrected chi connectivity index (χ0v) is 37.4. The maximum absolute atomic E-state index is 11.8. The van der Waals surface area contributed by atoms with Crippen molar-refractivity contribution in [1.29, 1.82) is 0 Å². The molecule has 296 valence electrons. The van der Waals surface area contributed by atoms with Crippen LogP contribution in [0.5, 0.6) is 5.75 Å². The van der Waals surface area contributed by atoms with Gasteiger partial charge in [-0.25, -0.2) is 0 Å². The topological polar surface area (TPSA) is 82.8 Å². The van der Waals surface area contributed by atoms with Crippen molar-refractivity contribution in [2.75, 3.05) is 0 Å². The molecular formula is C44H70O7Si2. The molecule has 2 aromatic carbocycles. The van der Waals surface area contributed by atoms with E-state index < -0.39 is 28.5 Å². The molecule has 2 aliphatic heterocycles. The van der Waals surface area contributed by atoms with Gasteiger partial charge in [-0.1, -0.05) is 106 Å². The third-order valence-corrected chi connectivity index (χ3v) is 21.7. The second-order valence-electron chi connectivity index (χ2n) is 19.2. The van der Waals surface area contributed by atoms with Crippen LogP contribution in [0.2, 0.25) is 36.3 Å². The van der Waals surface area contributed by atoms with Gasteiger partial charge in [0, 0.05) is 23.3 Å². The van der Waals surface area contributed by atoms with Gasteiger partial charge in [0.05, 0.1) is 36.7 Å². The van der Waals surface area contributed by atoms with Crippen molar-refractivity contribution in [1.82, 2.24) is 0 Å². The van der Waals surface area contributed by atoms with E-state index in [1.54, 1.807) is 0 Å². The highest BCUT2D eigenvalue weighted by atomic mass is 28.4. The zero-order chi connectivity index (χ0) is 39.1. The van der Waals surface area contributed by atoms with E-state index >= 15 is 0 Å². The molecule has 0 bridgehead atoms. The number of aliphatic hydroxyl groups is 1. The summed E-state index contributed by atoms with van der Waals surface area (Å²) in [7, 11) is -4.33. The molecule has 0 aliphatic carbocycles. The largest absolute Gasteiger partial charge is 0.488 e. The van der Waals surface area contributed by atoms with Crippen LogP contribution in [0.1, 0.15) is 123 Å². The van der Waals surface area contributed by atoms with E-state index in [0.717, 1.165) is 64.7 Å². The smallest absolute Gasteiger partial charge is 0.192 e. The van der Waals surface area contributed by atoms with Crippen molar-refractivity contribution in [3.63, 3.8) is 0 Å². The quantitative estimate of drug-likeness (QED) is 0.122. The zero-order valence-electron chi connectivity index (χ0n) is 35.4. The number of epoxide rings is 1. The molecule has 2 saturated heterocycles. The SMILES string of the molecule is CCCC(c1coc2c(CO[Si](C)(C)C(C)(C)C)c(OCc3ccccc3)c(CC(C)C)cc12)[C@H]1C[C@@H](O[Si](C)(C)C(C)(C)C)[C@@]2(OC2CC)[C@H](O)O1. The third kappa shape index (κ3) is 8.72. The summed E-state index contributed by atoms with van der Waals surface area (Å²) in [6.07, 6.45) is 4.40. The molecule has 2 aliphatic rings. The van der Waals surface area contributed by atoms with Crippen LogP contribution >= 0.6 is 0 Å². The molecule has 0 radical (unpaired) electrons. The van der Waals surface area contributed by atoms with Gasteiger partial charge in [0.25, 0.3) is 0 Å². The van der Waals surface area contributed by atoms with Crippen molar-refractivity contribution < 1.29 is 32.6 Å². The van der Waals surface area contributed by atoms with E-state index in [0.29, 0.717) is 25.6 Å². The molecule has 7 nitrogen and oxygen atoms in total. The number of aliphatic hydroxyl groups excluding tert-OH is 1. The monoisotopic (exact) mass is 766 g/mol. The number of hydrogen-bond donors (Lipinski definition) is 1. The lowest BCUT2D eigenvalue weighted by atomic mass is 9.80. The molecule has 1 aromatic heterocycles. The Morgan fingerprint density at radius 1 is 0.943 bits per heavy atom. The highest BCUT2D eigenvalue weighted by Crippen LogP contribution is 2.55. The lowest BCUT2D eigenvalue weighted by Crippen LogP contribution is -2.58. The van der Waals surface area contributed by atoms with Gasteiger partial charge < -0.3 is 32.6 Å². The van der Waals surface area contributed by atoms with Crippen LogP contribution in [-0.4, -0.2) is 51.9 Å². The molecule has 5 rings (SSSR count). The van der Waals surface area contributed by atoms with Crippen LogP contribution in [0, 0.1) is 5.92 Å². The second-order valence-corrected chi connectivity index (χ2v) is 28.8. The van der Waals surface area contributed by atoms with E-state index in [9.17, 15) is 5.11 Å². The fourth-order valence-corrected chi connectivity index (χ4v) is 9.75. The van der Waals surface area contributed by atoms with Crippen molar-refractivity contribution in [2.45, 2.75) is 187 Å². The average molecular weight is 767 g/mol. The highest BCUT2D eigenvalue weighted by molar-refractivity contribution is 6.74. The fraction of sp³-hybridized carbons (Fsp3) is 0.682. The first-order chi connectivity index (χ1) is 24.7. The summed E-state index contributed by atoms with van der Waals surface area (Å²) in [6.45, 7) is 32.5. The number of furan rings is 1. The minimum atomic E-state index is -2.20. The molecule has 3 heterocycles. The molecule has 9 heteroatoms. The molecule has 0 amide bonds. The molecule has 53 heavy (non-hydrogen) atoms. The van der Waals surface area contributed by atoms with Crippen LogP contribution in [0.25, 0.3) is 11.0 Å². The van der Waals surface area contributed by atoms with E-state index in [-0.39, 0.29) is 34.3 Å². The van der Waals surface area contributed by atoms with Gasteiger partial charge in [-0.15, -0.1) is 0 Å². The van der Waals surface area contributed by atoms with Gasteiger partial charge in [0.1, 0.15) is 17.9 Å². The molecule has 2 unspecified atom stereocenters. The Balaban J connectivity index is 1.61. The molecule has 1 N–H and O–H groups in total. The standard InChI is InChI=1S/C44H70O7Si2/c1-15-20-32(36-25-38(51-53(13,14)43(8,9)10)44(41(45)49-36)37(16-2)50-44)34-27-47-40-33(34)24-31(23-29(3)4)39(46-26-30-21-18-17-19-22-30)35(40)28-48-52(11,12)42(5,6)7/h17-19,21-22,24,27,29,32,36-38,41,45H,15-16,20,23,25-26,28H2,1-14H3/t32?,36-,37?,38-,41-,44-/m1/s1. The highest BCUT2D eigenvalue weighted by Gasteiger charge is 2.70. The van der Waals surface area contributed by atoms with E-state index in [1.807, 2.05) is 12.3 Å². The number of benzene rings is 2. The van der Waals surface area contributed by atoms with Crippen molar-refractivity contribution >= 4 is 27.6 Å². The average Bonchev–Trinajstić information content (AvgIpc) is 3.66. The molecule has 3 aromatic rings. The van der Waals surface area contributed by atoms with Crippen LogP contribution in [0.3, 0.4) is 0 Å².